The molecule has 4 atom stereocenters. The maximum Gasteiger partial charge on any atom is 0.408 e. The second-order valence-corrected chi connectivity index (χ2v) is 11.7. The van der Waals surface area contributed by atoms with Crippen molar-refractivity contribution < 1.29 is 38.2 Å². The van der Waals surface area contributed by atoms with Gasteiger partial charge in [0.1, 0.15) is 18.4 Å². The number of nitrogens with one attached hydrogen (secondary N) is 2. The van der Waals surface area contributed by atoms with Crippen molar-refractivity contribution >= 4 is 25.6 Å². The van der Waals surface area contributed by atoms with Gasteiger partial charge in [0, 0.05) is 12.8 Å². The Hall–Kier alpha value is -3.98. The van der Waals surface area contributed by atoms with Crippen molar-refractivity contribution in [2.75, 3.05) is 0 Å². The lowest BCUT2D eigenvalue weighted by molar-refractivity contribution is -0.145. The van der Waals surface area contributed by atoms with Crippen LogP contribution in [-0.4, -0.2) is 45.9 Å². The quantitative estimate of drug-likeness (QED) is 0.203. The van der Waals surface area contributed by atoms with Gasteiger partial charge in [-0.05, 0) is 22.6 Å². The lowest BCUT2D eigenvalue weighted by Gasteiger charge is -2.30. The molecule has 0 saturated heterocycles. The molecule has 4 N–H and O–H groups in total. The first kappa shape index (κ1) is 31.5. The summed E-state index contributed by atoms with van der Waals surface area (Å²) in [5.74, 6) is -4.24. The number of carbonyl (C=O) groups excluding carboxylic acids is 2. The smallest absolute Gasteiger partial charge is 0.408 e. The number of carbonyl (C=O) groups is 3. The van der Waals surface area contributed by atoms with Gasteiger partial charge in [0.25, 0.3) is 0 Å². The molecular weight excluding hydrogens is 547 g/mol. The molecule has 0 saturated carbocycles. The molecule has 0 heterocycles. The van der Waals surface area contributed by atoms with E-state index in [-0.39, 0.29) is 19.4 Å². The van der Waals surface area contributed by atoms with Crippen molar-refractivity contribution in [2.24, 2.45) is 5.92 Å². The average Bonchev–Trinajstić information content (AvgIpc) is 2.95. The third-order valence-electron chi connectivity index (χ3n) is 6.19. The van der Waals surface area contributed by atoms with Crippen molar-refractivity contribution in [3.8, 4) is 0 Å². The zero-order valence-electron chi connectivity index (χ0n) is 22.9. The summed E-state index contributed by atoms with van der Waals surface area (Å²) in [6, 6.07) is 25.3. The highest BCUT2D eigenvalue weighted by molar-refractivity contribution is 7.53. The summed E-state index contributed by atoms with van der Waals surface area (Å²) in [7, 11) is -4.73. The Labute approximate surface area is 239 Å². The summed E-state index contributed by atoms with van der Waals surface area (Å²) >= 11 is 0. The van der Waals surface area contributed by atoms with E-state index in [1.165, 1.54) is 0 Å². The number of amides is 2. The number of aliphatic carboxylic acids is 1. The van der Waals surface area contributed by atoms with Crippen LogP contribution >= 0.6 is 7.60 Å². The van der Waals surface area contributed by atoms with E-state index < -0.39 is 49.4 Å². The second kappa shape index (κ2) is 15.1. The lowest BCUT2D eigenvalue weighted by atomic mass is 10.1. The third-order valence-corrected chi connectivity index (χ3v) is 8.18. The highest BCUT2D eigenvalue weighted by atomic mass is 31.2. The topological polar surface area (TPSA) is 151 Å². The number of alkyl carbamates (subject to hydrolysis) is 1. The average molecular weight is 583 g/mol. The minimum atomic E-state index is -4.73. The minimum Gasteiger partial charge on any atom is -0.479 e. The molecule has 218 valence electrons. The number of benzene rings is 3. The molecule has 0 bridgehead atoms. The summed E-state index contributed by atoms with van der Waals surface area (Å²) in [6.07, 6.45) is -2.55. The standard InChI is InChI=1S/C30H35N2O8P/c1-21(2)28(41(37,38)40-26(29(34)35)19-23-14-8-4-9-15-23)32-27(33)25(18-22-12-6-3-7-13-22)31-30(36)39-20-24-16-10-5-11-17-24/h3-17,21,25-26,28H,18-20H2,1-2H3,(H,31,36)(H,32,33)(H,34,35)(H,37,38)/t25-,26-,28+/m1/s1. The van der Waals surface area contributed by atoms with Crippen LogP contribution in [0.3, 0.4) is 0 Å². The van der Waals surface area contributed by atoms with Gasteiger partial charge in [-0.25, -0.2) is 9.59 Å². The van der Waals surface area contributed by atoms with Crippen LogP contribution in [0.25, 0.3) is 0 Å². The van der Waals surface area contributed by atoms with Gasteiger partial charge in [-0.2, -0.15) is 0 Å². The van der Waals surface area contributed by atoms with Gasteiger partial charge >= 0.3 is 19.7 Å². The largest absolute Gasteiger partial charge is 0.479 e. The number of rotatable bonds is 14. The molecule has 0 spiro atoms. The van der Waals surface area contributed by atoms with E-state index in [1.807, 2.05) is 12.1 Å². The Morgan fingerprint density at radius 1 is 0.780 bits per heavy atom. The Kier molecular flexibility index (Phi) is 11.6. The highest BCUT2D eigenvalue weighted by Gasteiger charge is 2.41. The molecule has 10 nitrogen and oxygen atoms in total. The molecule has 3 aromatic rings. The predicted octanol–water partition coefficient (Wildman–Crippen LogP) is 4.52. The number of hydrogen-bond donors (Lipinski definition) is 4. The summed E-state index contributed by atoms with van der Waals surface area (Å²) < 4.78 is 24.0. The minimum absolute atomic E-state index is 0.0152. The van der Waals surface area contributed by atoms with Gasteiger partial charge in [0.15, 0.2) is 6.10 Å². The molecule has 3 rings (SSSR count). The van der Waals surface area contributed by atoms with Gasteiger partial charge < -0.3 is 25.4 Å². The lowest BCUT2D eigenvalue weighted by Crippen LogP contribution is -2.52. The Bertz CT molecular complexity index is 1320. The molecule has 0 radical (unpaired) electrons. The van der Waals surface area contributed by atoms with Crippen molar-refractivity contribution in [2.45, 2.75) is 51.2 Å². The molecule has 2 amide bonds. The molecule has 1 unspecified atom stereocenters. The monoisotopic (exact) mass is 582 g/mol. The van der Waals surface area contributed by atoms with E-state index in [2.05, 4.69) is 10.6 Å². The number of hydrogen-bond acceptors (Lipinski definition) is 6. The molecule has 0 aliphatic heterocycles. The number of ether oxygens (including phenoxy) is 1. The third kappa shape index (κ3) is 10.2. The van der Waals surface area contributed by atoms with Crippen molar-refractivity contribution in [3.05, 3.63) is 108 Å². The first-order chi connectivity index (χ1) is 19.5. The fourth-order valence-corrected chi connectivity index (χ4v) is 5.79. The molecule has 41 heavy (non-hydrogen) atoms. The van der Waals surface area contributed by atoms with E-state index in [0.717, 1.165) is 11.1 Å². The molecule has 0 aliphatic carbocycles. The van der Waals surface area contributed by atoms with E-state index >= 15 is 0 Å². The van der Waals surface area contributed by atoms with Crippen LogP contribution in [0.2, 0.25) is 0 Å². The van der Waals surface area contributed by atoms with Gasteiger partial charge in [-0.15, -0.1) is 0 Å². The van der Waals surface area contributed by atoms with Crippen LogP contribution in [0, 0.1) is 5.92 Å². The summed E-state index contributed by atoms with van der Waals surface area (Å²) in [5.41, 5.74) is 2.09. The maximum absolute atomic E-state index is 13.4. The normalized spacial score (nSPS) is 14.7. The fourth-order valence-electron chi connectivity index (χ4n) is 4.08. The van der Waals surface area contributed by atoms with E-state index in [0.29, 0.717) is 5.56 Å². The van der Waals surface area contributed by atoms with Crippen LogP contribution in [0.15, 0.2) is 91.0 Å². The molecule has 0 aliphatic rings. The Balaban J connectivity index is 1.75. The van der Waals surface area contributed by atoms with Crippen molar-refractivity contribution in [1.29, 1.82) is 0 Å². The van der Waals surface area contributed by atoms with Crippen LogP contribution in [0.5, 0.6) is 0 Å². The molecule has 0 aromatic heterocycles. The van der Waals surface area contributed by atoms with Gasteiger partial charge in [0.2, 0.25) is 5.91 Å². The summed E-state index contributed by atoms with van der Waals surface area (Å²) in [6.45, 7) is 3.18. The van der Waals surface area contributed by atoms with Crippen molar-refractivity contribution in [1.82, 2.24) is 10.6 Å². The van der Waals surface area contributed by atoms with E-state index in [4.69, 9.17) is 9.26 Å². The van der Waals surface area contributed by atoms with Crippen LogP contribution in [0.4, 0.5) is 4.79 Å². The summed E-state index contributed by atoms with van der Waals surface area (Å²) in [5, 5.41) is 14.7. The van der Waals surface area contributed by atoms with Crippen LogP contribution < -0.4 is 10.6 Å². The van der Waals surface area contributed by atoms with E-state index in [9.17, 15) is 28.9 Å². The van der Waals surface area contributed by atoms with E-state index in [1.54, 1.807) is 92.7 Å². The molecule has 0 fully saturated rings. The second-order valence-electron chi connectivity index (χ2n) is 9.83. The van der Waals surface area contributed by atoms with Gasteiger partial charge in [-0.3, -0.25) is 13.9 Å². The van der Waals surface area contributed by atoms with Gasteiger partial charge in [0.05, 0.1) is 0 Å². The van der Waals surface area contributed by atoms with Crippen LogP contribution in [-0.2, 0) is 42.9 Å². The molecular formula is C30H35N2O8P. The number of carboxylic acid groups (broad SMARTS) is 1. The Morgan fingerprint density at radius 2 is 1.27 bits per heavy atom. The highest BCUT2D eigenvalue weighted by Crippen LogP contribution is 2.50. The first-order valence-corrected chi connectivity index (χ1v) is 14.8. The number of carboxylic acids is 1. The fraction of sp³-hybridized carbons (Fsp3) is 0.300. The van der Waals surface area contributed by atoms with Gasteiger partial charge in [-0.1, -0.05) is 105 Å². The predicted molar refractivity (Wildman–Crippen MR) is 153 cm³/mol. The molecule has 11 heteroatoms. The molecule has 3 aromatic carbocycles. The zero-order valence-corrected chi connectivity index (χ0v) is 23.8. The maximum atomic E-state index is 13.4. The zero-order chi connectivity index (χ0) is 29.8. The van der Waals surface area contributed by atoms with Crippen molar-refractivity contribution in [3.63, 3.8) is 0 Å². The first-order valence-electron chi connectivity index (χ1n) is 13.1. The SMILES string of the molecule is CC(C)[C@@H](NC(=O)[C@@H](Cc1ccccc1)NC(=O)OCc1ccccc1)P(=O)(O)O[C@H](Cc1ccccc1)C(=O)O. The Morgan fingerprint density at radius 3 is 1.76 bits per heavy atom. The van der Waals surface area contributed by atoms with Crippen LogP contribution in [0.1, 0.15) is 30.5 Å². The summed E-state index contributed by atoms with van der Waals surface area (Å²) in [4.78, 5) is 48.9.